The predicted octanol–water partition coefficient (Wildman–Crippen LogP) is 7.02. The van der Waals surface area contributed by atoms with Crippen molar-refractivity contribution in [1.29, 1.82) is 0 Å². The van der Waals surface area contributed by atoms with Gasteiger partial charge in [0.15, 0.2) is 0 Å². The molecule has 0 radical (unpaired) electrons. The smallest absolute Gasteiger partial charge is 0.246 e. The molecule has 2 aromatic heterocycles. The van der Waals surface area contributed by atoms with Gasteiger partial charge < -0.3 is 9.88 Å². The molecular formula is C25H21Cl2N3OS. The topological polar surface area (TPSA) is 49.0 Å². The minimum absolute atomic E-state index is 0.0596. The second-order valence-corrected chi connectivity index (χ2v) is 9.63. The molecule has 162 valence electrons. The van der Waals surface area contributed by atoms with Crippen LogP contribution >= 0.6 is 34.5 Å². The van der Waals surface area contributed by atoms with E-state index in [0.29, 0.717) is 16.0 Å². The second-order valence-electron chi connectivity index (χ2n) is 7.92. The van der Waals surface area contributed by atoms with Gasteiger partial charge in [-0.15, -0.1) is 11.3 Å². The summed E-state index contributed by atoms with van der Waals surface area (Å²) in [6.07, 6.45) is 7.36. The number of carbonyl (C=O) groups is 1. The van der Waals surface area contributed by atoms with Crippen LogP contribution in [0.4, 0.5) is 0 Å². The molecule has 0 atom stereocenters. The van der Waals surface area contributed by atoms with Gasteiger partial charge in [0.05, 0.1) is 20.7 Å². The predicted molar refractivity (Wildman–Crippen MR) is 133 cm³/mol. The lowest BCUT2D eigenvalue weighted by Gasteiger charge is -2.30. The normalized spacial score (nSPS) is 15.1. The maximum Gasteiger partial charge on any atom is 0.246 e. The molecule has 2 aromatic carbocycles. The van der Waals surface area contributed by atoms with Crippen LogP contribution in [0.15, 0.2) is 60.1 Å². The van der Waals surface area contributed by atoms with Crippen molar-refractivity contribution in [3.63, 3.8) is 0 Å². The van der Waals surface area contributed by atoms with Crippen LogP contribution in [0.3, 0.4) is 0 Å². The highest BCUT2D eigenvalue weighted by Gasteiger charge is 2.25. The van der Waals surface area contributed by atoms with E-state index in [1.54, 1.807) is 23.5 Å². The number of rotatable bonds is 4. The summed E-state index contributed by atoms with van der Waals surface area (Å²) in [7, 11) is 0. The van der Waals surface area contributed by atoms with Crippen molar-refractivity contribution in [3.05, 3.63) is 80.7 Å². The number of carbonyl (C=O) groups excluding carboxylic acids is 1. The van der Waals surface area contributed by atoms with Gasteiger partial charge in [0.2, 0.25) is 5.91 Å². The maximum absolute atomic E-state index is 12.7. The highest BCUT2D eigenvalue weighted by atomic mass is 35.5. The summed E-state index contributed by atoms with van der Waals surface area (Å²) in [5, 5.41) is 5.38. The lowest BCUT2D eigenvalue weighted by molar-refractivity contribution is -0.126. The molecule has 0 bridgehead atoms. The third-order valence-electron chi connectivity index (χ3n) is 5.92. The summed E-state index contributed by atoms with van der Waals surface area (Å²) in [4.78, 5) is 22.7. The molecule has 32 heavy (non-hydrogen) atoms. The Labute approximate surface area is 200 Å². The van der Waals surface area contributed by atoms with Crippen molar-refractivity contribution in [1.82, 2.24) is 14.9 Å². The first-order valence-electron chi connectivity index (χ1n) is 10.5. The fourth-order valence-electron chi connectivity index (χ4n) is 4.11. The number of halogens is 2. The number of H-pyrrole nitrogens is 1. The number of thiazole rings is 1. The first kappa shape index (κ1) is 21.3. The SMILES string of the molecule is O=C(C=Cc1c[nH]c2ccccc12)N1CCC(c2nc(-c3ccc(Cl)c(Cl)c3)cs2)CC1. The Morgan fingerprint density at radius 2 is 1.94 bits per heavy atom. The van der Waals surface area contributed by atoms with Gasteiger partial charge in [-0.05, 0) is 42.7 Å². The molecule has 1 aliphatic heterocycles. The molecule has 4 nitrogen and oxygen atoms in total. The van der Waals surface area contributed by atoms with Crippen LogP contribution in [-0.4, -0.2) is 33.9 Å². The summed E-state index contributed by atoms with van der Waals surface area (Å²) < 4.78 is 0. The van der Waals surface area contributed by atoms with Crippen LogP contribution in [0.25, 0.3) is 28.2 Å². The monoisotopic (exact) mass is 481 g/mol. The number of likely N-dealkylation sites (tertiary alicyclic amines) is 1. The molecule has 7 heteroatoms. The molecule has 1 amide bonds. The first-order chi connectivity index (χ1) is 15.6. The summed E-state index contributed by atoms with van der Waals surface area (Å²) in [5.41, 5.74) is 3.99. The zero-order valence-electron chi connectivity index (χ0n) is 17.2. The number of nitrogens with zero attached hydrogens (tertiary/aromatic N) is 2. The van der Waals surface area contributed by atoms with Crippen molar-refractivity contribution >= 4 is 57.4 Å². The second kappa shape index (κ2) is 9.10. The van der Waals surface area contributed by atoms with Gasteiger partial charge in [-0.1, -0.05) is 47.5 Å². The molecule has 0 aliphatic carbocycles. The molecule has 3 heterocycles. The average molecular weight is 482 g/mol. The van der Waals surface area contributed by atoms with Crippen LogP contribution < -0.4 is 0 Å². The van der Waals surface area contributed by atoms with Gasteiger partial charge in [0, 0.05) is 53.1 Å². The number of amides is 1. The molecule has 1 saturated heterocycles. The van der Waals surface area contributed by atoms with E-state index in [-0.39, 0.29) is 5.91 Å². The van der Waals surface area contributed by atoms with Gasteiger partial charge in [0.25, 0.3) is 0 Å². The van der Waals surface area contributed by atoms with Gasteiger partial charge in [-0.2, -0.15) is 0 Å². The van der Waals surface area contributed by atoms with Crippen LogP contribution in [0, 0.1) is 0 Å². The number of hydrogen-bond acceptors (Lipinski definition) is 3. The summed E-state index contributed by atoms with van der Waals surface area (Å²) in [5.74, 6) is 0.433. The minimum Gasteiger partial charge on any atom is -0.361 e. The van der Waals surface area contributed by atoms with E-state index in [1.165, 1.54) is 0 Å². The molecule has 0 spiro atoms. The number of nitrogens with one attached hydrogen (secondary N) is 1. The number of piperidine rings is 1. The Morgan fingerprint density at radius 1 is 1.12 bits per heavy atom. The fourth-order valence-corrected chi connectivity index (χ4v) is 5.41. The quantitative estimate of drug-likeness (QED) is 0.318. The molecular weight excluding hydrogens is 461 g/mol. The summed E-state index contributed by atoms with van der Waals surface area (Å²) >= 11 is 13.8. The minimum atomic E-state index is 0.0596. The fraction of sp³-hybridized carbons (Fsp3) is 0.200. The third-order valence-corrected chi connectivity index (χ3v) is 7.67. The molecule has 0 unspecified atom stereocenters. The van der Waals surface area contributed by atoms with E-state index >= 15 is 0 Å². The Hall–Kier alpha value is -2.60. The average Bonchev–Trinajstić information content (AvgIpc) is 3.47. The van der Waals surface area contributed by atoms with E-state index in [4.69, 9.17) is 28.2 Å². The number of aromatic nitrogens is 2. The lowest BCUT2D eigenvalue weighted by Crippen LogP contribution is -2.36. The van der Waals surface area contributed by atoms with Crippen molar-refractivity contribution in [2.24, 2.45) is 0 Å². The Morgan fingerprint density at radius 3 is 2.75 bits per heavy atom. The summed E-state index contributed by atoms with van der Waals surface area (Å²) in [6, 6.07) is 13.7. The van der Waals surface area contributed by atoms with Crippen LogP contribution in [0.1, 0.15) is 29.3 Å². The van der Waals surface area contributed by atoms with Crippen molar-refractivity contribution < 1.29 is 4.79 Å². The highest BCUT2D eigenvalue weighted by molar-refractivity contribution is 7.10. The number of fused-ring (bicyclic) bond motifs is 1. The molecule has 5 rings (SSSR count). The van der Waals surface area contributed by atoms with Crippen LogP contribution in [-0.2, 0) is 4.79 Å². The van der Waals surface area contributed by atoms with Crippen molar-refractivity contribution in [2.45, 2.75) is 18.8 Å². The van der Waals surface area contributed by atoms with E-state index in [0.717, 1.165) is 58.7 Å². The Bertz CT molecular complexity index is 1300. The summed E-state index contributed by atoms with van der Waals surface area (Å²) in [6.45, 7) is 1.48. The van der Waals surface area contributed by atoms with Gasteiger partial charge in [-0.25, -0.2) is 4.98 Å². The van der Waals surface area contributed by atoms with E-state index in [9.17, 15) is 4.79 Å². The molecule has 1 aliphatic rings. The van der Waals surface area contributed by atoms with E-state index in [2.05, 4.69) is 16.4 Å². The molecule has 1 N–H and O–H groups in total. The van der Waals surface area contributed by atoms with E-state index in [1.807, 2.05) is 47.5 Å². The van der Waals surface area contributed by atoms with Crippen molar-refractivity contribution in [2.75, 3.05) is 13.1 Å². The largest absolute Gasteiger partial charge is 0.361 e. The number of benzene rings is 2. The Kier molecular flexibility index (Phi) is 6.05. The van der Waals surface area contributed by atoms with Crippen LogP contribution in [0.5, 0.6) is 0 Å². The zero-order valence-corrected chi connectivity index (χ0v) is 19.6. The number of para-hydroxylation sites is 1. The van der Waals surface area contributed by atoms with Crippen molar-refractivity contribution in [3.8, 4) is 11.3 Å². The number of hydrogen-bond donors (Lipinski definition) is 1. The van der Waals surface area contributed by atoms with Gasteiger partial charge >= 0.3 is 0 Å². The third kappa shape index (κ3) is 4.33. The van der Waals surface area contributed by atoms with Gasteiger partial charge in [0.1, 0.15) is 0 Å². The molecule has 4 aromatic rings. The highest BCUT2D eigenvalue weighted by Crippen LogP contribution is 2.34. The maximum atomic E-state index is 12.7. The zero-order chi connectivity index (χ0) is 22.1. The van der Waals surface area contributed by atoms with Gasteiger partial charge in [-0.3, -0.25) is 4.79 Å². The Balaban J connectivity index is 1.21. The molecule has 0 saturated carbocycles. The van der Waals surface area contributed by atoms with Crippen LogP contribution in [0.2, 0.25) is 10.0 Å². The first-order valence-corrected chi connectivity index (χ1v) is 12.2. The lowest BCUT2D eigenvalue weighted by atomic mass is 9.97. The molecule has 1 fully saturated rings. The number of aromatic amines is 1. The standard InChI is InChI=1S/C25H21Cl2N3OS/c26-20-7-5-17(13-21(20)27)23-15-32-25(29-23)16-9-11-30(12-10-16)24(31)8-6-18-14-28-22-4-2-1-3-19(18)22/h1-8,13-16,28H,9-12H2. The van der Waals surface area contributed by atoms with E-state index < -0.39 is 0 Å².